The van der Waals surface area contributed by atoms with Gasteiger partial charge in [-0.05, 0) is 65.6 Å². The second-order valence-electron chi connectivity index (χ2n) is 8.55. The first kappa shape index (κ1) is 25.3. The maximum atomic E-state index is 13.4. The molecule has 0 saturated heterocycles. The number of nitrogens with zero attached hydrogens (tertiary/aromatic N) is 2. The SMILES string of the molecule is COCc1cc(C(=O)N(C)C(C(=O)Nc2ccc(S(C)(C)C)cc2)c2ccc(OC)cc2)no1. The van der Waals surface area contributed by atoms with Crippen molar-refractivity contribution in [2.24, 2.45) is 0 Å². The predicted octanol–water partition coefficient (Wildman–Crippen LogP) is 4.33. The van der Waals surface area contributed by atoms with Crippen molar-refractivity contribution in [1.29, 1.82) is 0 Å². The molecule has 0 fully saturated rings. The Balaban J connectivity index is 1.89. The van der Waals surface area contributed by atoms with Crippen LogP contribution in [0.1, 0.15) is 27.9 Å². The van der Waals surface area contributed by atoms with E-state index in [4.69, 9.17) is 14.0 Å². The van der Waals surface area contributed by atoms with Gasteiger partial charge in [-0.2, -0.15) is 0 Å². The number of likely N-dealkylation sites (N-methyl/N-ethyl adjacent to an activating group) is 1. The van der Waals surface area contributed by atoms with Gasteiger partial charge >= 0.3 is 0 Å². The van der Waals surface area contributed by atoms with E-state index in [9.17, 15) is 9.59 Å². The maximum Gasteiger partial charge on any atom is 0.276 e. The van der Waals surface area contributed by atoms with Crippen molar-refractivity contribution in [2.45, 2.75) is 17.5 Å². The summed E-state index contributed by atoms with van der Waals surface area (Å²) in [4.78, 5) is 29.2. The summed E-state index contributed by atoms with van der Waals surface area (Å²) in [5, 5.41) is 6.78. The molecule has 0 radical (unpaired) electrons. The number of nitrogens with one attached hydrogen (secondary N) is 1. The molecule has 1 aromatic heterocycles. The van der Waals surface area contributed by atoms with E-state index in [0.717, 1.165) is 0 Å². The van der Waals surface area contributed by atoms with E-state index >= 15 is 0 Å². The largest absolute Gasteiger partial charge is 0.497 e. The quantitative estimate of drug-likeness (QED) is 0.485. The Hall–Kier alpha value is -3.30. The van der Waals surface area contributed by atoms with Gasteiger partial charge in [-0.15, -0.1) is 0 Å². The molecule has 8 nitrogen and oxygen atoms in total. The van der Waals surface area contributed by atoms with Gasteiger partial charge in [0.25, 0.3) is 11.8 Å². The van der Waals surface area contributed by atoms with Crippen molar-refractivity contribution in [2.75, 3.05) is 45.4 Å². The van der Waals surface area contributed by atoms with Gasteiger partial charge < -0.3 is 24.2 Å². The van der Waals surface area contributed by atoms with Crippen molar-refractivity contribution in [1.82, 2.24) is 10.1 Å². The molecule has 0 bridgehead atoms. The number of amides is 2. The smallest absolute Gasteiger partial charge is 0.276 e. The minimum absolute atomic E-state index is 0.0957. The summed E-state index contributed by atoms with van der Waals surface area (Å²) >= 11 is 0. The highest BCUT2D eigenvalue weighted by Gasteiger charge is 2.31. The van der Waals surface area contributed by atoms with Crippen LogP contribution in [0.4, 0.5) is 5.69 Å². The van der Waals surface area contributed by atoms with E-state index in [1.807, 2.05) is 24.3 Å². The molecule has 3 rings (SSSR count). The van der Waals surface area contributed by atoms with Gasteiger partial charge in [0.2, 0.25) is 0 Å². The molecule has 2 aromatic carbocycles. The van der Waals surface area contributed by atoms with Gasteiger partial charge in [0.15, 0.2) is 11.5 Å². The van der Waals surface area contributed by atoms with Crippen LogP contribution in [0, 0.1) is 0 Å². The monoisotopic (exact) mass is 485 g/mol. The van der Waals surface area contributed by atoms with Crippen molar-refractivity contribution in [3.05, 3.63) is 71.6 Å². The molecule has 1 N–H and O–H groups in total. The molecule has 2 amide bonds. The zero-order valence-electron chi connectivity index (χ0n) is 20.3. The summed E-state index contributed by atoms with van der Waals surface area (Å²) in [6, 6.07) is 15.4. The zero-order valence-corrected chi connectivity index (χ0v) is 21.1. The highest BCUT2D eigenvalue weighted by molar-refractivity contribution is 8.32. The summed E-state index contributed by atoms with van der Waals surface area (Å²) in [6.07, 6.45) is 6.63. The van der Waals surface area contributed by atoms with E-state index in [-0.39, 0.29) is 18.2 Å². The fraction of sp³-hybridized carbons (Fsp3) is 0.320. The van der Waals surface area contributed by atoms with Crippen LogP contribution in [0.2, 0.25) is 0 Å². The van der Waals surface area contributed by atoms with Crippen LogP contribution in [0.5, 0.6) is 5.75 Å². The van der Waals surface area contributed by atoms with Crippen LogP contribution < -0.4 is 10.1 Å². The molecular weight excluding hydrogens is 454 g/mol. The van der Waals surface area contributed by atoms with E-state index in [0.29, 0.717) is 22.8 Å². The highest BCUT2D eigenvalue weighted by Crippen LogP contribution is 2.45. The highest BCUT2D eigenvalue weighted by atomic mass is 32.3. The molecule has 0 aliphatic heterocycles. The predicted molar refractivity (Wildman–Crippen MR) is 134 cm³/mol. The lowest BCUT2D eigenvalue weighted by Crippen LogP contribution is -2.38. The van der Waals surface area contributed by atoms with E-state index < -0.39 is 22.0 Å². The van der Waals surface area contributed by atoms with E-state index in [1.165, 1.54) is 23.0 Å². The normalized spacial score (nSPS) is 12.6. The summed E-state index contributed by atoms with van der Waals surface area (Å²) < 4.78 is 15.4. The molecule has 182 valence electrons. The number of carbonyl (C=O) groups excluding carboxylic acids is 2. The number of hydrogen-bond acceptors (Lipinski definition) is 6. The molecule has 1 unspecified atom stereocenters. The summed E-state index contributed by atoms with van der Waals surface area (Å²) in [7, 11) is 3.78. The van der Waals surface area contributed by atoms with Crippen LogP contribution >= 0.6 is 10.0 Å². The first-order valence-electron chi connectivity index (χ1n) is 10.6. The van der Waals surface area contributed by atoms with E-state index in [2.05, 4.69) is 29.2 Å². The average molecular weight is 486 g/mol. The third kappa shape index (κ3) is 5.98. The third-order valence-corrected chi connectivity index (χ3v) is 6.97. The van der Waals surface area contributed by atoms with Crippen LogP contribution in [-0.4, -0.2) is 61.9 Å². The van der Waals surface area contributed by atoms with Gasteiger partial charge in [0.05, 0.1) is 7.11 Å². The van der Waals surface area contributed by atoms with Crippen LogP contribution in [0.3, 0.4) is 0 Å². The molecule has 0 aliphatic rings. The maximum absolute atomic E-state index is 13.4. The minimum Gasteiger partial charge on any atom is -0.497 e. The fourth-order valence-corrected chi connectivity index (χ4v) is 4.37. The zero-order chi connectivity index (χ0) is 24.9. The minimum atomic E-state index is -0.908. The summed E-state index contributed by atoms with van der Waals surface area (Å²) in [5.41, 5.74) is 1.38. The standard InChI is InChI=1S/C25H31N3O5S/c1-28(25(30)22-15-20(16-31-2)33-27-22)23(17-7-11-19(32-3)12-8-17)24(29)26-18-9-13-21(14-10-18)34(4,5)6/h7-15,23H,16H2,1-6H3,(H,26,29). The number of benzene rings is 2. The lowest BCUT2D eigenvalue weighted by atomic mass is 10.0. The lowest BCUT2D eigenvalue weighted by molar-refractivity contribution is -0.120. The Morgan fingerprint density at radius 2 is 1.71 bits per heavy atom. The van der Waals surface area contributed by atoms with Crippen molar-refractivity contribution < 1.29 is 23.6 Å². The first-order chi connectivity index (χ1) is 16.1. The summed E-state index contributed by atoms with van der Waals surface area (Å²) in [6.45, 7) is 0.193. The number of anilines is 1. The Morgan fingerprint density at radius 3 is 2.26 bits per heavy atom. The van der Waals surface area contributed by atoms with E-state index in [1.54, 1.807) is 38.4 Å². The summed E-state index contributed by atoms with van der Waals surface area (Å²) in [5.74, 6) is 0.273. The number of aromatic nitrogens is 1. The molecular formula is C25H31N3O5S. The number of hydrogen-bond donors (Lipinski definition) is 1. The molecule has 1 heterocycles. The Morgan fingerprint density at radius 1 is 1.06 bits per heavy atom. The van der Waals surface area contributed by atoms with Crippen molar-refractivity contribution in [3.63, 3.8) is 0 Å². The second-order valence-corrected chi connectivity index (χ2v) is 12.7. The van der Waals surface area contributed by atoms with Gasteiger partial charge in [0, 0.05) is 25.9 Å². The average Bonchev–Trinajstić information content (AvgIpc) is 3.27. The fourth-order valence-electron chi connectivity index (χ4n) is 3.42. The van der Waals surface area contributed by atoms with Gasteiger partial charge in [-0.3, -0.25) is 9.59 Å². The molecule has 0 aliphatic carbocycles. The molecule has 1 atom stereocenters. The third-order valence-electron chi connectivity index (χ3n) is 5.28. The van der Waals surface area contributed by atoms with Gasteiger partial charge in [-0.25, -0.2) is 10.0 Å². The van der Waals surface area contributed by atoms with Crippen LogP contribution in [0.25, 0.3) is 0 Å². The number of ether oxygens (including phenoxy) is 2. The number of methoxy groups -OCH3 is 2. The Bertz CT molecular complexity index is 1120. The number of carbonyl (C=O) groups is 2. The Labute approximate surface area is 201 Å². The van der Waals surface area contributed by atoms with Crippen LogP contribution in [-0.2, 0) is 16.1 Å². The lowest BCUT2D eigenvalue weighted by Gasteiger charge is -2.28. The van der Waals surface area contributed by atoms with Gasteiger partial charge in [0.1, 0.15) is 18.4 Å². The number of rotatable bonds is 9. The molecule has 0 saturated carbocycles. The topological polar surface area (TPSA) is 93.9 Å². The molecule has 3 aromatic rings. The van der Waals surface area contributed by atoms with Crippen molar-refractivity contribution in [3.8, 4) is 5.75 Å². The van der Waals surface area contributed by atoms with Crippen molar-refractivity contribution >= 4 is 27.5 Å². The second kappa shape index (κ2) is 10.8. The van der Waals surface area contributed by atoms with Gasteiger partial charge in [-0.1, -0.05) is 17.3 Å². The first-order valence-corrected chi connectivity index (χ1v) is 13.4. The molecule has 9 heteroatoms. The Kier molecular flexibility index (Phi) is 8.01. The molecule has 34 heavy (non-hydrogen) atoms. The van der Waals surface area contributed by atoms with Crippen LogP contribution in [0.15, 0.2) is 64.0 Å². The molecule has 0 spiro atoms.